The number of amides is 1. The Balaban J connectivity index is 1.54. The molecule has 0 radical (unpaired) electrons. The number of ether oxygens (including phenoxy) is 1. The second-order valence-electron chi connectivity index (χ2n) is 9.49. The van der Waals surface area contributed by atoms with E-state index in [-0.39, 0.29) is 9.79 Å². The van der Waals surface area contributed by atoms with E-state index in [2.05, 4.69) is 10.0 Å². The highest BCUT2D eigenvalue weighted by Gasteiger charge is 2.28. The summed E-state index contributed by atoms with van der Waals surface area (Å²) in [5.41, 5.74) is 3.43. The lowest BCUT2D eigenvalue weighted by molar-refractivity contribution is -0.114. The van der Waals surface area contributed by atoms with Gasteiger partial charge >= 0.3 is 0 Å². The van der Waals surface area contributed by atoms with Crippen molar-refractivity contribution in [2.24, 2.45) is 0 Å². The van der Waals surface area contributed by atoms with Crippen molar-refractivity contribution in [1.82, 2.24) is 0 Å². The molecule has 2 N–H and O–H groups in total. The fraction of sp³-hybridized carbons (Fsp3) is 0.167. The summed E-state index contributed by atoms with van der Waals surface area (Å²) >= 11 is 0. The maximum Gasteiger partial charge on any atom is 0.264 e. The molecule has 0 saturated carbocycles. The summed E-state index contributed by atoms with van der Waals surface area (Å²) in [5, 5.41) is 2.67. The molecular weight excluding hydrogens is 562 g/mol. The molecule has 4 rings (SSSR count). The number of sulfonamides is 2. The molecule has 0 saturated heterocycles. The van der Waals surface area contributed by atoms with Crippen molar-refractivity contribution in [3.05, 3.63) is 108 Å². The van der Waals surface area contributed by atoms with Gasteiger partial charge in [0.2, 0.25) is 5.91 Å². The highest BCUT2D eigenvalue weighted by molar-refractivity contribution is 7.93. The second-order valence-corrected chi connectivity index (χ2v) is 13.0. The zero-order valence-electron chi connectivity index (χ0n) is 23.1. The van der Waals surface area contributed by atoms with Gasteiger partial charge in [-0.1, -0.05) is 42.0 Å². The Kier molecular flexibility index (Phi) is 8.69. The van der Waals surface area contributed by atoms with Crippen molar-refractivity contribution < 1.29 is 26.4 Å². The van der Waals surface area contributed by atoms with Gasteiger partial charge in [-0.3, -0.25) is 13.8 Å². The fourth-order valence-electron chi connectivity index (χ4n) is 4.13. The highest BCUT2D eigenvalue weighted by Crippen LogP contribution is 2.29. The van der Waals surface area contributed by atoms with Gasteiger partial charge in [-0.2, -0.15) is 0 Å². The van der Waals surface area contributed by atoms with Gasteiger partial charge in [0.15, 0.2) is 0 Å². The zero-order chi connectivity index (χ0) is 29.8. The normalized spacial score (nSPS) is 11.5. The number of nitrogens with zero attached hydrogens (tertiary/aromatic N) is 1. The Morgan fingerprint density at radius 2 is 1.39 bits per heavy atom. The molecule has 0 aliphatic rings. The third-order valence-corrected chi connectivity index (χ3v) is 9.48. The number of hydrogen-bond acceptors (Lipinski definition) is 6. The van der Waals surface area contributed by atoms with Crippen LogP contribution in [0, 0.1) is 20.8 Å². The van der Waals surface area contributed by atoms with Crippen molar-refractivity contribution in [3.8, 4) is 5.75 Å². The maximum atomic E-state index is 13.6. The quantitative estimate of drug-likeness (QED) is 0.259. The van der Waals surface area contributed by atoms with Gasteiger partial charge in [-0.25, -0.2) is 16.8 Å². The van der Waals surface area contributed by atoms with Crippen LogP contribution in [0.3, 0.4) is 0 Å². The molecule has 0 unspecified atom stereocenters. The van der Waals surface area contributed by atoms with Gasteiger partial charge in [-0.05, 0) is 86.5 Å². The lowest BCUT2D eigenvalue weighted by Gasteiger charge is -2.25. The predicted molar refractivity (Wildman–Crippen MR) is 161 cm³/mol. The first kappa shape index (κ1) is 29.6. The number of rotatable bonds is 10. The number of carbonyl (C=O) groups is 1. The molecule has 11 heteroatoms. The van der Waals surface area contributed by atoms with Crippen LogP contribution < -0.4 is 19.1 Å². The first-order chi connectivity index (χ1) is 19.4. The molecule has 41 heavy (non-hydrogen) atoms. The molecular formula is C30H31N3O6S2. The van der Waals surface area contributed by atoms with Crippen LogP contribution in [-0.2, 0) is 24.8 Å². The van der Waals surface area contributed by atoms with Crippen molar-refractivity contribution >= 4 is 43.0 Å². The molecule has 0 aliphatic carbocycles. The Bertz CT molecular complexity index is 1770. The highest BCUT2D eigenvalue weighted by atomic mass is 32.2. The first-order valence-corrected chi connectivity index (χ1v) is 15.6. The summed E-state index contributed by atoms with van der Waals surface area (Å²) in [6.07, 6.45) is 0. The van der Waals surface area contributed by atoms with Crippen LogP contribution in [0.25, 0.3) is 0 Å². The summed E-state index contributed by atoms with van der Waals surface area (Å²) in [4.78, 5) is 13.1. The number of para-hydroxylation sites is 1. The number of aryl methyl sites for hydroxylation is 3. The van der Waals surface area contributed by atoms with Crippen molar-refractivity contribution in [2.45, 2.75) is 30.6 Å². The van der Waals surface area contributed by atoms with Gasteiger partial charge < -0.3 is 10.1 Å². The Morgan fingerprint density at radius 3 is 2.02 bits per heavy atom. The number of hydrogen-bond donors (Lipinski definition) is 2. The molecule has 0 atom stereocenters. The number of anilines is 3. The average molecular weight is 594 g/mol. The molecule has 9 nitrogen and oxygen atoms in total. The number of methoxy groups -OCH3 is 1. The van der Waals surface area contributed by atoms with Crippen LogP contribution in [0.1, 0.15) is 16.7 Å². The summed E-state index contributed by atoms with van der Waals surface area (Å²) in [7, 11) is -6.57. The van der Waals surface area contributed by atoms with E-state index < -0.39 is 32.5 Å². The van der Waals surface area contributed by atoms with Gasteiger partial charge in [0.05, 0.1) is 28.3 Å². The predicted octanol–water partition coefficient (Wildman–Crippen LogP) is 5.26. The summed E-state index contributed by atoms with van der Waals surface area (Å²) in [6.45, 7) is 4.97. The van der Waals surface area contributed by atoms with Crippen molar-refractivity contribution in [3.63, 3.8) is 0 Å². The molecule has 1 amide bonds. The minimum atomic E-state index is -4.07. The molecule has 0 fully saturated rings. The Labute approximate surface area is 240 Å². The SMILES string of the molecule is COc1ccc(C)cc1NS(=O)(=O)c1ccc(NC(=O)CN(c2ccccc2C)S(=O)(=O)c2ccc(C)cc2)cc1. The monoisotopic (exact) mass is 593 g/mol. The molecule has 0 aromatic heterocycles. The molecule has 4 aromatic rings. The molecule has 214 valence electrons. The molecule has 0 bridgehead atoms. The average Bonchev–Trinajstić information content (AvgIpc) is 2.92. The van der Waals surface area contributed by atoms with E-state index in [1.807, 2.05) is 13.8 Å². The first-order valence-electron chi connectivity index (χ1n) is 12.6. The largest absolute Gasteiger partial charge is 0.495 e. The minimum Gasteiger partial charge on any atom is -0.495 e. The summed E-state index contributed by atoms with van der Waals surface area (Å²) in [5.74, 6) is -0.218. The van der Waals surface area contributed by atoms with Crippen LogP contribution in [-0.4, -0.2) is 36.4 Å². The topological polar surface area (TPSA) is 122 Å². The second kappa shape index (κ2) is 12.0. The number of carbonyl (C=O) groups excluding carboxylic acids is 1. The third-order valence-electron chi connectivity index (χ3n) is 6.33. The van der Waals surface area contributed by atoms with Crippen molar-refractivity contribution in [2.75, 3.05) is 28.0 Å². The molecule has 0 aliphatic heterocycles. The maximum absolute atomic E-state index is 13.6. The van der Waals surface area contributed by atoms with Gasteiger partial charge in [0.1, 0.15) is 12.3 Å². The van der Waals surface area contributed by atoms with Gasteiger partial charge in [-0.15, -0.1) is 0 Å². The minimum absolute atomic E-state index is 0.0254. The van der Waals surface area contributed by atoms with Crippen LogP contribution >= 0.6 is 0 Å². The van der Waals surface area contributed by atoms with E-state index in [9.17, 15) is 21.6 Å². The summed E-state index contributed by atoms with van der Waals surface area (Å²) in [6, 6.07) is 24.0. The van der Waals surface area contributed by atoms with Gasteiger partial charge in [0.25, 0.3) is 20.0 Å². The van der Waals surface area contributed by atoms with E-state index in [1.165, 1.54) is 43.5 Å². The van der Waals surface area contributed by atoms with Crippen LogP contribution in [0.5, 0.6) is 5.75 Å². The van der Waals surface area contributed by atoms with E-state index >= 15 is 0 Å². The van der Waals surface area contributed by atoms with E-state index in [0.29, 0.717) is 28.4 Å². The molecule has 4 aromatic carbocycles. The lowest BCUT2D eigenvalue weighted by atomic mass is 10.2. The fourth-order valence-corrected chi connectivity index (χ4v) is 6.68. The van der Waals surface area contributed by atoms with Crippen molar-refractivity contribution in [1.29, 1.82) is 0 Å². The molecule has 0 spiro atoms. The van der Waals surface area contributed by atoms with E-state index in [4.69, 9.17) is 4.74 Å². The van der Waals surface area contributed by atoms with Gasteiger partial charge in [0, 0.05) is 5.69 Å². The Morgan fingerprint density at radius 1 is 0.780 bits per heavy atom. The summed E-state index contributed by atoms with van der Waals surface area (Å²) < 4.78 is 62.1. The molecule has 0 heterocycles. The standard InChI is InChI=1S/C30H31N3O6S2/c1-21-9-14-26(15-10-21)41(37,38)33(28-8-6-5-7-23(28)3)20-30(34)31-24-12-16-25(17-13-24)40(35,36)32-27-19-22(2)11-18-29(27)39-4/h5-19,32H,20H2,1-4H3,(H,31,34). The third kappa shape index (κ3) is 6.87. The number of nitrogens with one attached hydrogen (secondary N) is 2. The number of benzene rings is 4. The van der Waals surface area contributed by atoms with Crippen LogP contribution in [0.2, 0.25) is 0 Å². The lowest BCUT2D eigenvalue weighted by Crippen LogP contribution is -2.38. The Hall–Kier alpha value is -4.35. The van der Waals surface area contributed by atoms with Crippen LogP contribution in [0.15, 0.2) is 101 Å². The zero-order valence-corrected chi connectivity index (χ0v) is 24.7. The van der Waals surface area contributed by atoms with E-state index in [0.717, 1.165) is 15.4 Å². The van der Waals surface area contributed by atoms with Crippen LogP contribution in [0.4, 0.5) is 17.1 Å². The smallest absolute Gasteiger partial charge is 0.264 e. The van der Waals surface area contributed by atoms with E-state index in [1.54, 1.807) is 61.5 Å².